The molecule has 0 aliphatic rings. The molecule has 0 spiro atoms. The summed E-state index contributed by atoms with van der Waals surface area (Å²) in [4.78, 5) is 26.7. The largest absolute Gasteiger partial charge is 0.335 e. The minimum absolute atomic E-state index is 0.0792. The lowest BCUT2D eigenvalue weighted by atomic mass is 10.1. The van der Waals surface area contributed by atoms with E-state index in [0.29, 0.717) is 11.3 Å². The zero-order valence-electron chi connectivity index (χ0n) is 17.5. The first kappa shape index (κ1) is 21.1. The molecule has 0 heterocycles. The maximum absolute atomic E-state index is 12.7. The fourth-order valence-corrected chi connectivity index (χ4v) is 3.14. The van der Waals surface area contributed by atoms with Gasteiger partial charge < -0.3 is 10.2 Å². The molecule has 0 fully saturated rings. The number of likely N-dealkylation sites (N-methyl/N-ethyl adjacent to an activating group) is 1. The summed E-state index contributed by atoms with van der Waals surface area (Å²) in [5.41, 5.74) is 4.40. The number of nitrogens with zero attached hydrogens (tertiary/aromatic N) is 1. The van der Waals surface area contributed by atoms with Crippen molar-refractivity contribution < 1.29 is 9.59 Å². The van der Waals surface area contributed by atoms with Crippen LogP contribution in [-0.2, 0) is 4.79 Å². The Kier molecular flexibility index (Phi) is 6.81. The van der Waals surface area contributed by atoms with Gasteiger partial charge in [-0.05, 0) is 60.9 Å². The molecule has 1 unspecified atom stereocenters. The number of hydrogen-bond donors (Lipinski definition) is 1. The van der Waals surface area contributed by atoms with Crippen LogP contribution in [0, 0.1) is 6.92 Å². The molecule has 3 aromatic rings. The van der Waals surface area contributed by atoms with Gasteiger partial charge in [0.25, 0.3) is 5.91 Å². The number of hydrogen-bond acceptors (Lipinski definition) is 2. The van der Waals surface area contributed by atoms with Gasteiger partial charge in [0.2, 0.25) is 5.91 Å². The van der Waals surface area contributed by atoms with Crippen LogP contribution in [0.3, 0.4) is 0 Å². The second kappa shape index (κ2) is 9.70. The van der Waals surface area contributed by atoms with Crippen LogP contribution in [0.1, 0.15) is 40.0 Å². The van der Waals surface area contributed by atoms with E-state index in [0.717, 1.165) is 16.7 Å². The van der Waals surface area contributed by atoms with Crippen LogP contribution in [0.5, 0.6) is 0 Å². The molecule has 0 saturated heterocycles. The predicted octanol–water partition coefficient (Wildman–Crippen LogP) is 5.48. The predicted molar refractivity (Wildman–Crippen MR) is 122 cm³/mol. The number of benzene rings is 3. The monoisotopic (exact) mass is 398 g/mol. The highest BCUT2D eigenvalue weighted by Crippen LogP contribution is 2.23. The van der Waals surface area contributed by atoms with Crippen LogP contribution >= 0.6 is 0 Å². The van der Waals surface area contributed by atoms with Crippen LogP contribution in [0.4, 0.5) is 5.69 Å². The van der Waals surface area contributed by atoms with Crippen LogP contribution in [-0.4, -0.2) is 23.8 Å². The third kappa shape index (κ3) is 5.23. The van der Waals surface area contributed by atoms with Gasteiger partial charge in [0.15, 0.2) is 0 Å². The maximum Gasteiger partial charge on any atom is 0.255 e. The Bertz CT molecular complexity index is 1060. The molecule has 1 N–H and O–H groups in total. The number of anilines is 1. The first-order valence-corrected chi connectivity index (χ1v) is 9.92. The Morgan fingerprint density at radius 1 is 0.933 bits per heavy atom. The van der Waals surface area contributed by atoms with Gasteiger partial charge in [0.1, 0.15) is 0 Å². The minimum Gasteiger partial charge on any atom is -0.335 e. The van der Waals surface area contributed by atoms with Gasteiger partial charge in [-0.25, -0.2) is 0 Å². The number of nitrogens with one attached hydrogen (secondary N) is 1. The molecule has 0 aliphatic heterocycles. The molecule has 2 amide bonds. The smallest absolute Gasteiger partial charge is 0.255 e. The summed E-state index contributed by atoms with van der Waals surface area (Å²) in [6.45, 7) is 3.99. The van der Waals surface area contributed by atoms with Gasteiger partial charge in [-0.1, -0.05) is 54.6 Å². The van der Waals surface area contributed by atoms with E-state index in [1.807, 2.05) is 86.7 Å². The summed E-state index contributed by atoms with van der Waals surface area (Å²) < 4.78 is 0. The van der Waals surface area contributed by atoms with Gasteiger partial charge in [0.05, 0.1) is 6.04 Å². The molecule has 3 aromatic carbocycles. The molecule has 0 radical (unpaired) electrons. The highest BCUT2D eigenvalue weighted by Gasteiger charge is 2.16. The van der Waals surface area contributed by atoms with Crippen molar-refractivity contribution >= 4 is 23.6 Å². The molecule has 152 valence electrons. The van der Waals surface area contributed by atoms with E-state index in [2.05, 4.69) is 5.32 Å². The third-order valence-electron chi connectivity index (χ3n) is 5.19. The fourth-order valence-electron chi connectivity index (χ4n) is 3.14. The molecular weight excluding hydrogens is 372 g/mol. The highest BCUT2D eigenvalue weighted by molar-refractivity contribution is 6.04. The molecule has 4 nitrogen and oxygen atoms in total. The lowest BCUT2D eigenvalue weighted by molar-refractivity contribution is -0.126. The highest BCUT2D eigenvalue weighted by atomic mass is 16.2. The van der Waals surface area contributed by atoms with Crippen molar-refractivity contribution in [1.29, 1.82) is 0 Å². The van der Waals surface area contributed by atoms with E-state index in [1.165, 1.54) is 0 Å². The molecule has 4 heteroatoms. The van der Waals surface area contributed by atoms with E-state index < -0.39 is 0 Å². The normalized spacial score (nSPS) is 11.8. The molecular formula is C26H26N2O2. The van der Waals surface area contributed by atoms with Crippen LogP contribution in [0.15, 0.2) is 84.9 Å². The van der Waals surface area contributed by atoms with Crippen molar-refractivity contribution in [2.45, 2.75) is 19.9 Å². The topological polar surface area (TPSA) is 49.4 Å². The molecule has 0 aliphatic carbocycles. The summed E-state index contributed by atoms with van der Waals surface area (Å²) in [6, 6.07) is 24.5. The second-order valence-electron chi connectivity index (χ2n) is 7.26. The number of rotatable bonds is 6. The summed E-state index contributed by atoms with van der Waals surface area (Å²) in [5.74, 6) is -0.240. The minimum atomic E-state index is -0.161. The summed E-state index contributed by atoms with van der Waals surface area (Å²) in [7, 11) is 1.78. The van der Waals surface area contributed by atoms with Crippen LogP contribution in [0.25, 0.3) is 6.08 Å². The maximum atomic E-state index is 12.7. The average molecular weight is 399 g/mol. The Balaban J connectivity index is 1.69. The van der Waals surface area contributed by atoms with Crippen LogP contribution < -0.4 is 5.32 Å². The zero-order valence-corrected chi connectivity index (χ0v) is 17.5. The standard InChI is InChI=1S/C26H26N2O2/c1-19-10-7-8-11-21(19)16-17-25(29)28(3)20(2)23-14-9-15-24(18-23)27-26(30)22-12-5-4-6-13-22/h4-18,20H,1-3H3,(H,27,30)/b17-16+. The zero-order chi connectivity index (χ0) is 21.5. The van der Waals surface area contributed by atoms with E-state index in [-0.39, 0.29) is 17.9 Å². The average Bonchev–Trinajstić information content (AvgIpc) is 2.78. The number of aryl methyl sites for hydroxylation is 1. The molecule has 0 saturated carbocycles. The lowest BCUT2D eigenvalue weighted by Crippen LogP contribution is -2.28. The van der Waals surface area contributed by atoms with Gasteiger partial charge in [0, 0.05) is 24.4 Å². The Morgan fingerprint density at radius 2 is 1.63 bits per heavy atom. The quantitative estimate of drug-likeness (QED) is 0.559. The van der Waals surface area contributed by atoms with E-state index in [1.54, 1.807) is 30.2 Å². The van der Waals surface area contributed by atoms with Crippen molar-refractivity contribution in [2.24, 2.45) is 0 Å². The Morgan fingerprint density at radius 3 is 2.37 bits per heavy atom. The summed E-state index contributed by atoms with van der Waals surface area (Å²) >= 11 is 0. The van der Waals surface area contributed by atoms with Crippen molar-refractivity contribution in [3.05, 3.63) is 107 Å². The SMILES string of the molecule is Cc1ccccc1/C=C/C(=O)N(C)C(C)c1cccc(NC(=O)c2ccccc2)c1. The molecule has 30 heavy (non-hydrogen) atoms. The van der Waals surface area contributed by atoms with Crippen molar-refractivity contribution in [1.82, 2.24) is 4.90 Å². The molecule has 3 rings (SSSR count). The summed E-state index contributed by atoms with van der Waals surface area (Å²) in [5, 5.41) is 2.92. The molecule has 1 atom stereocenters. The lowest BCUT2D eigenvalue weighted by Gasteiger charge is -2.24. The molecule has 0 bridgehead atoms. The van der Waals surface area contributed by atoms with E-state index >= 15 is 0 Å². The van der Waals surface area contributed by atoms with Crippen molar-refractivity contribution in [3.8, 4) is 0 Å². The first-order valence-electron chi connectivity index (χ1n) is 9.92. The van der Waals surface area contributed by atoms with Gasteiger partial charge in [-0.15, -0.1) is 0 Å². The fraction of sp³-hybridized carbons (Fsp3) is 0.154. The van der Waals surface area contributed by atoms with Crippen molar-refractivity contribution in [2.75, 3.05) is 12.4 Å². The summed E-state index contributed by atoms with van der Waals surface area (Å²) in [6.07, 6.45) is 3.44. The Hall–Kier alpha value is -3.66. The molecule has 0 aromatic heterocycles. The van der Waals surface area contributed by atoms with Crippen LogP contribution in [0.2, 0.25) is 0 Å². The third-order valence-corrected chi connectivity index (χ3v) is 5.19. The van der Waals surface area contributed by atoms with Gasteiger partial charge in [-0.3, -0.25) is 9.59 Å². The van der Waals surface area contributed by atoms with E-state index in [4.69, 9.17) is 0 Å². The first-order chi connectivity index (χ1) is 14.5. The Labute approximate surface area is 177 Å². The number of carbonyl (C=O) groups is 2. The number of carbonyl (C=O) groups excluding carboxylic acids is 2. The second-order valence-corrected chi connectivity index (χ2v) is 7.26. The van der Waals surface area contributed by atoms with E-state index in [9.17, 15) is 9.59 Å². The number of amides is 2. The van der Waals surface area contributed by atoms with Crippen molar-refractivity contribution in [3.63, 3.8) is 0 Å². The van der Waals surface area contributed by atoms with Gasteiger partial charge >= 0.3 is 0 Å². The van der Waals surface area contributed by atoms with Gasteiger partial charge in [-0.2, -0.15) is 0 Å².